The number of hydrogen-bond acceptors (Lipinski definition) is 5. The molecule has 19 heavy (non-hydrogen) atoms. The number of aryl methyl sites for hydroxylation is 1. The van der Waals surface area contributed by atoms with Gasteiger partial charge in [-0.1, -0.05) is 13.8 Å². The van der Waals surface area contributed by atoms with Crippen LogP contribution in [0.4, 0.5) is 5.69 Å². The highest BCUT2D eigenvalue weighted by molar-refractivity contribution is 7.14. The molecular formula is C12H18N2O4S. The number of hydrogen-bond donors (Lipinski definition) is 2. The smallest absolute Gasteiger partial charge is 0.283 e. The Hall–Kier alpha value is -1.47. The van der Waals surface area contributed by atoms with E-state index < -0.39 is 10.5 Å². The maximum Gasteiger partial charge on any atom is 0.283 e. The van der Waals surface area contributed by atoms with Crippen LogP contribution >= 0.6 is 11.3 Å². The Balaban J connectivity index is 2.74. The molecule has 1 aromatic rings. The second-order valence-electron chi connectivity index (χ2n) is 4.42. The number of nitro groups is 1. The summed E-state index contributed by atoms with van der Waals surface area (Å²) in [5, 5.41) is 23.4. The van der Waals surface area contributed by atoms with Gasteiger partial charge in [0.15, 0.2) is 0 Å². The van der Waals surface area contributed by atoms with Crippen molar-refractivity contribution < 1.29 is 14.8 Å². The van der Waals surface area contributed by atoms with E-state index in [2.05, 4.69) is 5.32 Å². The zero-order chi connectivity index (χ0) is 14.6. The van der Waals surface area contributed by atoms with Crippen LogP contribution in [0.3, 0.4) is 0 Å². The van der Waals surface area contributed by atoms with Crippen molar-refractivity contribution >= 4 is 22.9 Å². The van der Waals surface area contributed by atoms with Crippen molar-refractivity contribution in [2.75, 3.05) is 6.54 Å². The first-order valence-corrected chi connectivity index (χ1v) is 6.90. The highest BCUT2D eigenvalue weighted by Gasteiger charge is 2.25. The van der Waals surface area contributed by atoms with Crippen molar-refractivity contribution in [3.8, 4) is 0 Å². The van der Waals surface area contributed by atoms with Crippen molar-refractivity contribution in [1.82, 2.24) is 5.32 Å². The summed E-state index contributed by atoms with van der Waals surface area (Å²) in [5.74, 6) is -0.387. The molecule has 0 aliphatic rings. The SMILES string of the molecule is CCC(O)(CC)CNC(=O)c1cc([N+](=O)[O-])c(C)s1. The minimum Gasteiger partial charge on any atom is -0.388 e. The quantitative estimate of drug-likeness (QED) is 0.619. The summed E-state index contributed by atoms with van der Waals surface area (Å²) < 4.78 is 0. The van der Waals surface area contributed by atoms with E-state index in [0.29, 0.717) is 22.6 Å². The highest BCUT2D eigenvalue weighted by Crippen LogP contribution is 2.28. The molecule has 1 heterocycles. The van der Waals surface area contributed by atoms with Gasteiger partial charge >= 0.3 is 0 Å². The van der Waals surface area contributed by atoms with Crippen LogP contribution in [0.5, 0.6) is 0 Å². The third-order valence-electron chi connectivity index (χ3n) is 3.21. The fourth-order valence-corrected chi connectivity index (χ4v) is 2.50. The minimum absolute atomic E-state index is 0.0450. The Morgan fingerprint density at radius 3 is 2.53 bits per heavy atom. The van der Waals surface area contributed by atoms with Gasteiger partial charge in [0.25, 0.3) is 11.6 Å². The lowest BCUT2D eigenvalue weighted by Crippen LogP contribution is -2.41. The third kappa shape index (κ3) is 3.74. The highest BCUT2D eigenvalue weighted by atomic mass is 32.1. The number of nitrogens with zero attached hydrogens (tertiary/aromatic N) is 1. The zero-order valence-corrected chi connectivity index (χ0v) is 12.0. The van der Waals surface area contributed by atoms with Gasteiger partial charge in [0.1, 0.15) is 0 Å². The maximum absolute atomic E-state index is 11.9. The van der Waals surface area contributed by atoms with E-state index in [1.54, 1.807) is 6.92 Å². The second-order valence-corrected chi connectivity index (χ2v) is 5.68. The zero-order valence-electron chi connectivity index (χ0n) is 11.2. The molecule has 0 saturated carbocycles. The maximum atomic E-state index is 11.9. The molecule has 6 nitrogen and oxygen atoms in total. The molecule has 0 saturated heterocycles. The van der Waals surface area contributed by atoms with Crippen LogP contribution in [-0.4, -0.2) is 28.1 Å². The molecule has 0 aliphatic carbocycles. The van der Waals surface area contributed by atoms with E-state index in [0.717, 1.165) is 11.3 Å². The number of aliphatic hydroxyl groups is 1. The first kappa shape index (κ1) is 15.6. The van der Waals surface area contributed by atoms with Crippen LogP contribution in [0.15, 0.2) is 6.07 Å². The van der Waals surface area contributed by atoms with Gasteiger partial charge in [-0.2, -0.15) is 0 Å². The Bertz CT molecular complexity index is 480. The van der Waals surface area contributed by atoms with E-state index in [9.17, 15) is 20.0 Å². The topological polar surface area (TPSA) is 92.5 Å². The predicted octanol–water partition coefficient (Wildman–Crippen LogP) is 2.25. The minimum atomic E-state index is -0.923. The normalized spacial score (nSPS) is 11.4. The van der Waals surface area contributed by atoms with Gasteiger partial charge in [0.05, 0.1) is 20.3 Å². The monoisotopic (exact) mass is 286 g/mol. The van der Waals surface area contributed by atoms with Gasteiger partial charge in [-0.3, -0.25) is 14.9 Å². The molecule has 0 atom stereocenters. The summed E-state index contributed by atoms with van der Waals surface area (Å²) in [6, 6.07) is 1.27. The Morgan fingerprint density at radius 2 is 2.11 bits per heavy atom. The molecule has 2 N–H and O–H groups in total. The Labute approximate surface area is 115 Å². The van der Waals surface area contributed by atoms with Crippen LogP contribution in [0.2, 0.25) is 0 Å². The van der Waals surface area contributed by atoms with E-state index in [1.165, 1.54) is 6.07 Å². The fourth-order valence-electron chi connectivity index (χ4n) is 1.60. The van der Waals surface area contributed by atoms with E-state index >= 15 is 0 Å². The van der Waals surface area contributed by atoms with Crippen molar-refractivity contribution in [3.05, 3.63) is 25.9 Å². The molecule has 0 fully saturated rings. The Morgan fingerprint density at radius 1 is 1.53 bits per heavy atom. The molecule has 0 bridgehead atoms. The van der Waals surface area contributed by atoms with Crippen LogP contribution in [-0.2, 0) is 0 Å². The van der Waals surface area contributed by atoms with Gasteiger partial charge in [-0.25, -0.2) is 0 Å². The number of carbonyl (C=O) groups is 1. The van der Waals surface area contributed by atoms with E-state index in [-0.39, 0.29) is 18.1 Å². The predicted molar refractivity (Wildman–Crippen MR) is 73.6 cm³/mol. The largest absolute Gasteiger partial charge is 0.388 e. The van der Waals surface area contributed by atoms with Gasteiger partial charge in [0, 0.05) is 12.6 Å². The molecule has 1 rings (SSSR count). The molecule has 0 aliphatic heterocycles. The van der Waals surface area contributed by atoms with Crippen LogP contribution in [0.25, 0.3) is 0 Å². The summed E-state index contributed by atoms with van der Waals surface area (Å²) in [6.45, 7) is 5.43. The molecule has 0 aromatic carbocycles. The van der Waals surface area contributed by atoms with Crippen molar-refractivity contribution in [2.24, 2.45) is 0 Å². The van der Waals surface area contributed by atoms with Gasteiger partial charge in [-0.15, -0.1) is 11.3 Å². The molecule has 0 spiro atoms. The van der Waals surface area contributed by atoms with Gasteiger partial charge in [0.2, 0.25) is 0 Å². The average molecular weight is 286 g/mol. The fraction of sp³-hybridized carbons (Fsp3) is 0.583. The molecule has 0 unspecified atom stereocenters. The van der Waals surface area contributed by atoms with Crippen LogP contribution < -0.4 is 5.32 Å². The third-order valence-corrected chi connectivity index (χ3v) is 4.24. The Kier molecular flexibility index (Phi) is 5.02. The summed E-state index contributed by atoms with van der Waals surface area (Å²) in [6.07, 6.45) is 1.07. The van der Waals surface area contributed by atoms with Crippen molar-refractivity contribution in [1.29, 1.82) is 0 Å². The summed E-state index contributed by atoms with van der Waals surface area (Å²) >= 11 is 1.08. The molecule has 1 amide bonds. The standard InChI is InChI=1S/C12H18N2O4S/c1-4-12(16,5-2)7-13-11(15)10-6-9(14(17)18)8(3)19-10/h6,16H,4-5,7H2,1-3H3,(H,13,15). The van der Waals surface area contributed by atoms with Gasteiger partial charge < -0.3 is 10.4 Å². The molecule has 0 radical (unpaired) electrons. The lowest BCUT2D eigenvalue weighted by Gasteiger charge is -2.25. The first-order chi connectivity index (χ1) is 8.83. The van der Waals surface area contributed by atoms with Gasteiger partial charge in [-0.05, 0) is 19.8 Å². The lowest BCUT2D eigenvalue weighted by atomic mass is 9.98. The van der Waals surface area contributed by atoms with Crippen molar-refractivity contribution in [2.45, 2.75) is 39.2 Å². The van der Waals surface area contributed by atoms with Crippen LogP contribution in [0, 0.1) is 17.0 Å². The number of amides is 1. The first-order valence-electron chi connectivity index (χ1n) is 6.08. The second kappa shape index (κ2) is 6.12. The lowest BCUT2D eigenvalue weighted by molar-refractivity contribution is -0.385. The number of carbonyl (C=O) groups excluding carboxylic acids is 1. The van der Waals surface area contributed by atoms with E-state index in [1.807, 2.05) is 13.8 Å². The number of rotatable bonds is 6. The van der Waals surface area contributed by atoms with Crippen LogP contribution in [0.1, 0.15) is 41.2 Å². The molecule has 7 heteroatoms. The molecule has 1 aromatic heterocycles. The average Bonchev–Trinajstić information content (AvgIpc) is 2.78. The summed E-state index contributed by atoms with van der Waals surface area (Å²) in [5.41, 5.74) is -0.968. The molecular weight excluding hydrogens is 268 g/mol. The summed E-state index contributed by atoms with van der Waals surface area (Å²) in [7, 11) is 0. The number of thiophene rings is 1. The van der Waals surface area contributed by atoms with Crippen molar-refractivity contribution in [3.63, 3.8) is 0 Å². The number of nitrogens with one attached hydrogen (secondary N) is 1. The van der Waals surface area contributed by atoms with E-state index in [4.69, 9.17) is 0 Å². The summed E-state index contributed by atoms with van der Waals surface area (Å²) in [4.78, 5) is 22.9. The molecule has 106 valence electrons.